The summed E-state index contributed by atoms with van der Waals surface area (Å²) in [6, 6.07) is -0.333. The summed E-state index contributed by atoms with van der Waals surface area (Å²) in [5.74, 6) is -1.09. The number of hydrogen-bond acceptors (Lipinski definition) is 3. The molecule has 4 N–H and O–H groups in total. The van der Waals surface area contributed by atoms with Crippen LogP contribution in [0.2, 0.25) is 0 Å². The third-order valence-electron chi connectivity index (χ3n) is 3.31. The standard InChI is InChI=1S/C12H22N2O3/c1-2-4-8(7-11(15)16)14-12(17)9-5-3-6-10(9)13/h8-10H,2-7,13H2,1H3,(H,14,17)(H,15,16). The van der Waals surface area contributed by atoms with Crippen LogP contribution >= 0.6 is 0 Å². The van der Waals surface area contributed by atoms with E-state index in [1.807, 2.05) is 6.92 Å². The lowest BCUT2D eigenvalue weighted by molar-refractivity contribution is -0.137. The Bertz CT molecular complexity index is 281. The fourth-order valence-corrected chi connectivity index (χ4v) is 2.41. The van der Waals surface area contributed by atoms with Gasteiger partial charge in [0, 0.05) is 12.1 Å². The summed E-state index contributed by atoms with van der Waals surface area (Å²) in [5.41, 5.74) is 5.85. The molecule has 1 aliphatic rings. The van der Waals surface area contributed by atoms with Crippen LogP contribution in [0.3, 0.4) is 0 Å². The van der Waals surface area contributed by atoms with E-state index in [4.69, 9.17) is 10.8 Å². The summed E-state index contributed by atoms with van der Waals surface area (Å²) in [6.07, 6.45) is 4.22. The maximum absolute atomic E-state index is 11.9. The molecule has 0 aromatic carbocycles. The van der Waals surface area contributed by atoms with Crippen LogP contribution in [0.5, 0.6) is 0 Å². The highest BCUT2D eigenvalue weighted by Crippen LogP contribution is 2.24. The van der Waals surface area contributed by atoms with Gasteiger partial charge in [-0.3, -0.25) is 9.59 Å². The minimum Gasteiger partial charge on any atom is -0.481 e. The predicted molar refractivity (Wildman–Crippen MR) is 64.4 cm³/mol. The molecule has 1 aliphatic carbocycles. The fraction of sp³-hybridized carbons (Fsp3) is 0.833. The van der Waals surface area contributed by atoms with Gasteiger partial charge >= 0.3 is 5.97 Å². The van der Waals surface area contributed by atoms with E-state index < -0.39 is 5.97 Å². The van der Waals surface area contributed by atoms with Crippen molar-refractivity contribution in [3.63, 3.8) is 0 Å². The first-order valence-corrected chi connectivity index (χ1v) is 6.32. The predicted octanol–water partition coefficient (Wildman–Crippen LogP) is 0.873. The SMILES string of the molecule is CCCC(CC(=O)O)NC(=O)C1CCCC1N. The maximum atomic E-state index is 11.9. The number of amides is 1. The van der Waals surface area contributed by atoms with Gasteiger partial charge in [-0.05, 0) is 19.3 Å². The number of carboxylic acid groups (broad SMARTS) is 1. The molecule has 0 saturated heterocycles. The first kappa shape index (κ1) is 14.0. The van der Waals surface area contributed by atoms with Crippen LogP contribution in [0.1, 0.15) is 45.4 Å². The van der Waals surface area contributed by atoms with Crippen LogP contribution in [0, 0.1) is 5.92 Å². The van der Waals surface area contributed by atoms with Gasteiger partial charge in [0.05, 0.1) is 12.3 Å². The molecule has 0 bridgehead atoms. The van der Waals surface area contributed by atoms with E-state index in [1.54, 1.807) is 0 Å². The van der Waals surface area contributed by atoms with Gasteiger partial charge in [-0.25, -0.2) is 0 Å². The number of carbonyl (C=O) groups excluding carboxylic acids is 1. The van der Waals surface area contributed by atoms with Gasteiger partial charge in [-0.2, -0.15) is 0 Å². The molecule has 1 fully saturated rings. The number of nitrogens with two attached hydrogens (primary N) is 1. The minimum absolute atomic E-state index is 0.0124. The van der Waals surface area contributed by atoms with Gasteiger partial charge in [0.25, 0.3) is 0 Å². The monoisotopic (exact) mass is 242 g/mol. The highest BCUT2D eigenvalue weighted by atomic mass is 16.4. The van der Waals surface area contributed by atoms with Crippen LogP contribution < -0.4 is 11.1 Å². The van der Waals surface area contributed by atoms with Gasteiger partial charge in [0.15, 0.2) is 0 Å². The molecule has 1 rings (SSSR count). The van der Waals surface area contributed by atoms with Crippen molar-refractivity contribution >= 4 is 11.9 Å². The fourth-order valence-electron chi connectivity index (χ4n) is 2.41. The van der Waals surface area contributed by atoms with E-state index in [0.717, 1.165) is 25.7 Å². The normalized spacial score (nSPS) is 25.5. The van der Waals surface area contributed by atoms with Crippen LogP contribution in [-0.2, 0) is 9.59 Å². The van der Waals surface area contributed by atoms with Crippen molar-refractivity contribution in [3.8, 4) is 0 Å². The van der Waals surface area contributed by atoms with Crippen LogP contribution in [0.25, 0.3) is 0 Å². The molecule has 17 heavy (non-hydrogen) atoms. The summed E-state index contributed by atoms with van der Waals surface area (Å²) >= 11 is 0. The first-order chi connectivity index (χ1) is 8.04. The lowest BCUT2D eigenvalue weighted by atomic mass is 10.0. The smallest absolute Gasteiger partial charge is 0.305 e. The molecular weight excluding hydrogens is 220 g/mol. The van der Waals surface area contributed by atoms with Crippen molar-refractivity contribution in [1.29, 1.82) is 0 Å². The van der Waals surface area contributed by atoms with E-state index in [9.17, 15) is 9.59 Å². The largest absolute Gasteiger partial charge is 0.481 e. The van der Waals surface area contributed by atoms with Crippen molar-refractivity contribution in [2.24, 2.45) is 11.7 Å². The quantitative estimate of drug-likeness (QED) is 0.644. The zero-order valence-electron chi connectivity index (χ0n) is 10.3. The van der Waals surface area contributed by atoms with E-state index in [2.05, 4.69) is 5.32 Å². The second kappa shape index (κ2) is 6.59. The van der Waals surface area contributed by atoms with Gasteiger partial charge in [-0.15, -0.1) is 0 Å². The van der Waals surface area contributed by atoms with Crippen LogP contribution in [-0.4, -0.2) is 29.1 Å². The van der Waals surface area contributed by atoms with E-state index in [-0.39, 0.29) is 30.3 Å². The molecule has 0 aromatic heterocycles. The van der Waals surface area contributed by atoms with Crippen molar-refractivity contribution < 1.29 is 14.7 Å². The Kier molecular flexibility index (Phi) is 5.41. The second-order valence-corrected chi connectivity index (χ2v) is 4.79. The van der Waals surface area contributed by atoms with E-state index in [0.29, 0.717) is 6.42 Å². The number of hydrogen-bond donors (Lipinski definition) is 3. The number of aliphatic carboxylic acids is 1. The second-order valence-electron chi connectivity index (χ2n) is 4.79. The molecular formula is C12H22N2O3. The Morgan fingerprint density at radius 3 is 2.65 bits per heavy atom. The average Bonchev–Trinajstić information content (AvgIpc) is 2.63. The molecule has 3 atom stereocenters. The molecule has 1 saturated carbocycles. The summed E-state index contributed by atoms with van der Waals surface area (Å²) in [6.45, 7) is 1.97. The molecule has 5 heteroatoms. The van der Waals surface area contributed by atoms with Crippen LogP contribution in [0.15, 0.2) is 0 Å². The molecule has 5 nitrogen and oxygen atoms in total. The topological polar surface area (TPSA) is 92.4 Å². The zero-order chi connectivity index (χ0) is 12.8. The van der Waals surface area contributed by atoms with E-state index >= 15 is 0 Å². The van der Waals surface area contributed by atoms with Crippen LogP contribution in [0.4, 0.5) is 0 Å². The van der Waals surface area contributed by atoms with Gasteiger partial charge in [-0.1, -0.05) is 19.8 Å². The Hall–Kier alpha value is -1.10. The molecule has 0 spiro atoms. The Morgan fingerprint density at radius 1 is 1.47 bits per heavy atom. The summed E-state index contributed by atoms with van der Waals surface area (Å²) in [4.78, 5) is 22.6. The van der Waals surface area contributed by atoms with Crippen molar-refractivity contribution in [3.05, 3.63) is 0 Å². The third-order valence-corrected chi connectivity index (χ3v) is 3.31. The Labute approximate surface area is 102 Å². The Morgan fingerprint density at radius 2 is 2.18 bits per heavy atom. The molecule has 0 aliphatic heterocycles. The molecule has 1 amide bonds. The minimum atomic E-state index is -0.875. The molecule has 98 valence electrons. The lowest BCUT2D eigenvalue weighted by Gasteiger charge is -2.21. The molecule has 0 aromatic rings. The zero-order valence-corrected chi connectivity index (χ0v) is 10.3. The van der Waals surface area contributed by atoms with Gasteiger partial charge < -0.3 is 16.2 Å². The molecule has 3 unspecified atom stereocenters. The van der Waals surface area contributed by atoms with Gasteiger partial charge in [0.1, 0.15) is 0 Å². The Balaban J connectivity index is 2.47. The number of carboxylic acids is 1. The van der Waals surface area contributed by atoms with Crippen molar-refractivity contribution in [1.82, 2.24) is 5.32 Å². The number of carbonyl (C=O) groups is 2. The highest BCUT2D eigenvalue weighted by Gasteiger charge is 2.31. The van der Waals surface area contributed by atoms with Gasteiger partial charge in [0.2, 0.25) is 5.91 Å². The van der Waals surface area contributed by atoms with Crippen molar-refractivity contribution in [2.75, 3.05) is 0 Å². The summed E-state index contributed by atoms with van der Waals surface area (Å²) in [7, 11) is 0. The lowest BCUT2D eigenvalue weighted by Crippen LogP contribution is -2.44. The number of nitrogens with one attached hydrogen (secondary N) is 1. The molecule has 0 radical (unpaired) electrons. The number of rotatable bonds is 6. The van der Waals surface area contributed by atoms with E-state index in [1.165, 1.54) is 0 Å². The summed E-state index contributed by atoms with van der Waals surface area (Å²) < 4.78 is 0. The summed E-state index contributed by atoms with van der Waals surface area (Å²) in [5, 5.41) is 11.6. The maximum Gasteiger partial charge on any atom is 0.305 e. The highest BCUT2D eigenvalue weighted by molar-refractivity contribution is 5.80. The molecule has 0 heterocycles. The first-order valence-electron chi connectivity index (χ1n) is 6.32. The average molecular weight is 242 g/mol. The van der Waals surface area contributed by atoms with Crippen molar-refractivity contribution in [2.45, 2.75) is 57.5 Å². The third kappa shape index (κ3) is 4.34.